The first-order valence-corrected chi connectivity index (χ1v) is 9.78. The molecule has 7 nitrogen and oxygen atoms in total. The Kier molecular flexibility index (Phi) is 6.80. The SMILES string of the molecule is COc1ccc(S(=O)(=O)N[C@H](C)CC#N)cc1C(=O)Nc1ccccc1Cl. The van der Waals surface area contributed by atoms with E-state index in [1.165, 1.54) is 25.3 Å². The second-order valence-corrected chi connectivity index (χ2v) is 7.80. The Morgan fingerprint density at radius 3 is 2.63 bits per heavy atom. The van der Waals surface area contributed by atoms with Crippen LogP contribution < -0.4 is 14.8 Å². The summed E-state index contributed by atoms with van der Waals surface area (Å²) < 4.78 is 32.5. The Morgan fingerprint density at radius 2 is 2.00 bits per heavy atom. The van der Waals surface area contributed by atoms with Crippen LogP contribution in [-0.4, -0.2) is 27.5 Å². The van der Waals surface area contributed by atoms with Crippen molar-refractivity contribution in [2.45, 2.75) is 24.3 Å². The van der Waals surface area contributed by atoms with Gasteiger partial charge in [0, 0.05) is 6.04 Å². The molecule has 2 rings (SSSR count). The lowest BCUT2D eigenvalue weighted by atomic mass is 10.2. The van der Waals surface area contributed by atoms with E-state index in [4.69, 9.17) is 21.6 Å². The largest absolute Gasteiger partial charge is 0.496 e. The zero-order valence-corrected chi connectivity index (χ0v) is 16.3. The number of nitrogens with one attached hydrogen (secondary N) is 2. The lowest BCUT2D eigenvalue weighted by molar-refractivity contribution is 0.102. The van der Waals surface area contributed by atoms with E-state index in [-0.39, 0.29) is 22.6 Å². The van der Waals surface area contributed by atoms with E-state index in [2.05, 4.69) is 10.0 Å². The number of nitrogens with zero attached hydrogens (tertiary/aromatic N) is 1. The number of amides is 1. The average molecular weight is 408 g/mol. The molecule has 0 spiro atoms. The van der Waals surface area contributed by atoms with Crippen molar-refractivity contribution < 1.29 is 17.9 Å². The molecule has 1 atom stereocenters. The van der Waals surface area contributed by atoms with Gasteiger partial charge in [-0.25, -0.2) is 13.1 Å². The summed E-state index contributed by atoms with van der Waals surface area (Å²) in [6, 6.07) is 11.9. The van der Waals surface area contributed by atoms with E-state index in [9.17, 15) is 13.2 Å². The fraction of sp³-hybridized carbons (Fsp3) is 0.222. The predicted molar refractivity (Wildman–Crippen MR) is 102 cm³/mol. The van der Waals surface area contributed by atoms with Crippen LogP contribution in [-0.2, 0) is 10.0 Å². The summed E-state index contributed by atoms with van der Waals surface area (Å²) in [5.74, 6) is -0.356. The zero-order valence-electron chi connectivity index (χ0n) is 14.7. The van der Waals surface area contributed by atoms with Crippen molar-refractivity contribution in [1.29, 1.82) is 5.26 Å². The van der Waals surface area contributed by atoms with Crippen LogP contribution in [0.25, 0.3) is 0 Å². The molecule has 0 aliphatic carbocycles. The molecule has 0 saturated heterocycles. The number of methoxy groups -OCH3 is 1. The minimum absolute atomic E-state index is 0.0230. The molecule has 0 aromatic heterocycles. The first-order valence-electron chi connectivity index (χ1n) is 7.91. The molecular formula is C18H18ClN3O4S. The van der Waals surface area contributed by atoms with Crippen molar-refractivity contribution in [3.05, 3.63) is 53.1 Å². The van der Waals surface area contributed by atoms with Gasteiger partial charge < -0.3 is 10.1 Å². The monoisotopic (exact) mass is 407 g/mol. The number of halogens is 1. The molecule has 2 aromatic carbocycles. The number of para-hydroxylation sites is 1. The number of anilines is 1. The summed E-state index contributed by atoms with van der Waals surface area (Å²) in [6.45, 7) is 1.58. The van der Waals surface area contributed by atoms with Gasteiger partial charge in [0.2, 0.25) is 10.0 Å². The van der Waals surface area contributed by atoms with Gasteiger partial charge in [-0.3, -0.25) is 4.79 Å². The number of benzene rings is 2. The lowest BCUT2D eigenvalue weighted by Gasteiger charge is -2.14. The maximum Gasteiger partial charge on any atom is 0.259 e. The van der Waals surface area contributed by atoms with E-state index in [1.54, 1.807) is 31.2 Å². The molecule has 0 unspecified atom stereocenters. The van der Waals surface area contributed by atoms with Crippen LogP contribution in [0.3, 0.4) is 0 Å². The number of nitriles is 1. The number of carbonyl (C=O) groups is 1. The molecule has 142 valence electrons. The van der Waals surface area contributed by atoms with Crippen LogP contribution in [0.15, 0.2) is 47.4 Å². The highest BCUT2D eigenvalue weighted by atomic mass is 35.5. The molecular weight excluding hydrogens is 390 g/mol. The van der Waals surface area contributed by atoms with Crippen molar-refractivity contribution in [3.8, 4) is 11.8 Å². The topological polar surface area (TPSA) is 108 Å². The van der Waals surface area contributed by atoms with Gasteiger partial charge in [0.25, 0.3) is 5.91 Å². The van der Waals surface area contributed by atoms with Crippen molar-refractivity contribution in [2.75, 3.05) is 12.4 Å². The van der Waals surface area contributed by atoms with Crippen LogP contribution in [0.5, 0.6) is 5.75 Å². The molecule has 0 fully saturated rings. The molecule has 2 N–H and O–H groups in total. The van der Waals surface area contributed by atoms with Crippen LogP contribution in [0, 0.1) is 11.3 Å². The number of carbonyl (C=O) groups excluding carboxylic acids is 1. The summed E-state index contributed by atoms with van der Waals surface area (Å²) in [7, 11) is -2.53. The van der Waals surface area contributed by atoms with Gasteiger partial charge >= 0.3 is 0 Å². The summed E-state index contributed by atoms with van der Waals surface area (Å²) in [5.41, 5.74) is 0.425. The molecule has 9 heteroatoms. The van der Waals surface area contributed by atoms with Gasteiger partial charge in [0.05, 0.1) is 40.8 Å². The summed E-state index contributed by atoms with van der Waals surface area (Å²) in [6.07, 6.45) is 0.0230. The number of rotatable bonds is 7. The average Bonchev–Trinajstić information content (AvgIpc) is 2.62. The molecule has 0 aliphatic heterocycles. The Morgan fingerprint density at radius 1 is 1.30 bits per heavy atom. The molecule has 0 bridgehead atoms. The fourth-order valence-electron chi connectivity index (χ4n) is 2.30. The van der Waals surface area contributed by atoms with Gasteiger partial charge in [0.1, 0.15) is 5.75 Å². The maximum absolute atomic E-state index is 12.6. The summed E-state index contributed by atoms with van der Waals surface area (Å²) in [4.78, 5) is 12.5. The highest BCUT2D eigenvalue weighted by Gasteiger charge is 2.22. The Balaban J connectivity index is 2.36. The highest BCUT2D eigenvalue weighted by molar-refractivity contribution is 7.89. The lowest BCUT2D eigenvalue weighted by Crippen LogP contribution is -2.32. The van der Waals surface area contributed by atoms with E-state index in [0.29, 0.717) is 10.7 Å². The molecule has 27 heavy (non-hydrogen) atoms. The number of sulfonamides is 1. The van der Waals surface area contributed by atoms with Crippen LogP contribution in [0.2, 0.25) is 5.02 Å². The van der Waals surface area contributed by atoms with E-state index in [1.807, 2.05) is 6.07 Å². The van der Waals surface area contributed by atoms with Crippen LogP contribution >= 0.6 is 11.6 Å². The van der Waals surface area contributed by atoms with Gasteiger partial charge in [-0.15, -0.1) is 0 Å². The minimum atomic E-state index is -3.91. The van der Waals surface area contributed by atoms with Crippen molar-refractivity contribution >= 4 is 33.2 Å². The van der Waals surface area contributed by atoms with Crippen molar-refractivity contribution in [3.63, 3.8) is 0 Å². The van der Waals surface area contributed by atoms with Crippen LogP contribution in [0.4, 0.5) is 5.69 Å². The van der Waals surface area contributed by atoms with E-state index < -0.39 is 22.0 Å². The summed E-state index contributed by atoms with van der Waals surface area (Å²) >= 11 is 6.04. The Labute approximate surface area is 163 Å². The molecule has 0 aliphatic rings. The third kappa shape index (κ3) is 5.20. The molecule has 0 saturated carbocycles. The quantitative estimate of drug-likeness (QED) is 0.732. The third-order valence-corrected chi connectivity index (χ3v) is 5.52. The fourth-order valence-corrected chi connectivity index (χ4v) is 3.75. The standard InChI is InChI=1S/C18H18ClN3O4S/c1-12(9-10-20)22-27(24,25)13-7-8-17(26-2)14(11-13)18(23)21-16-6-4-3-5-15(16)19/h3-8,11-12,22H,9H2,1-2H3,(H,21,23)/t12-/m1/s1. The first-order chi connectivity index (χ1) is 12.8. The van der Waals surface area contributed by atoms with Gasteiger partial charge in [-0.05, 0) is 37.3 Å². The van der Waals surface area contributed by atoms with Gasteiger partial charge in [-0.1, -0.05) is 23.7 Å². The van der Waals surface area contributed by atoms with Crippen molar-refractivity contribution in [2.24, 2.45) is 0 Å². The van der Waals surface area contributed by atoms with Gasteiger partial charge in [-0.2, -0.15) is 5.26 Å². The Hall–Kier alpha value is -2.60. The van der Waals surface area contributed by atoms with Crippen molar-refractivity contribution in [1.82, 2.24) is 4.72 Å². The number of ether oxygens (including phenoxy) is 1. The maximum atomic E-state index is 12.6. The molecule has 0 heterocycles. The van der Waals surface area contributed by atoms with Crippen LogP contribution in [0.1, 0.15) is 23.7 Å². The normalized spacial score (nSPS) is 12.1. The number of hydrogen-bond donors (Lipinski definition) is 2. The molecule has 0 radical (unpaired) electrons. The smallest absolute Gasteiger partial charge is 0.259 e. The predicted octanol–water partition coefficient (Wildman–Crippen LogP) is 3.18. The minimum Gasteiger partial charge on any atom is -0.496 e. The Bertz CT molecular complexity index is 986. The van der Waals surface area contributed by atoms with E-state index >= 15 is 0 Å². The second-order valence-electron chi connectivity index (χ2n) is 5.68. The second kappa shape index (κ2) is 8.86. The molecule has 2 aromatic rings. The highest BCUT2D eigenvalue weighted by Crippen LogP contribution is 2.26. The molecule has 1 amide bonds. The summed E-state index contributed by atoms with van der Waals surface area (Å²) in [5, 5.41) is 11.7. The number of hydrogen-bond acceptors (Lipinski definition) is 5. The van der Waals surface area contributed by atoms with Gasteiger partial charge in [0.15, 0.2) is 0 Å². The first kappa shape index (κ1) is 20.7. The third-order valence-electron chi connectivity index (χ3n) is 3.60. The zero-order chi connectivity index (χ0) is 20.0. The van der Waals surface area contributed by atoms with E-state index in [0.717, 1.165) is 0 Å².